The molecular weight excluding hydrogens is 284 g/mol. The Hall–Kier alpha value is -2.27. The summed E-state index contributed by atoms with van der Waals surface area (Å²) in [7, 11) is 4.60. The number of benzene rings is 1. The molecule has 0 amide bonds. The Morgan fingerprint density at radius 3 is 2.41 bits per heavy atom. The van der Waals surface area contributed by atoms with Gasteiger partial charge in [0.15, 0.2) is 11.5 Å². The van der Waals surface area contributed by atoms with Gasteiger partial charge in [-0.1, -0.05) is 12.1 Å². The lowest BCUT2D eigenvalue weighted by Gasteiger charge is -2.37. The van der Waals surface area contributed by atoms with Gasteiger partial charge in [0, 0.05) is 7.11 Å². The van der Waals surface area contributed by atoms with E-state index in [1.54, 1.807) is 37.5 Å². The molecule has 0 saturated carbocycles. The number of ether oxygens (including phenoxy) is 3. The summed E-state index contributed by atoms with van der Waals surface area (Å²) in [6.45, 7) is 1.50. The van der Waals surface area contributed by atoms with E-state index in [2.05, 4.69) is 0 Å². The Morgan fingerprint density at radius 1 is 1.18 bits per heavy atom. The summed E-state index contributed by atoms with van der Waals surface area (Å²) in [6.07, 6.45) is 4.70. The van der Waals surface area contributed by atoms with Crippen LogP contribution in [-0.2, 0) is 15.1 Å². The maximum Gasteiger partial charge on any atom is 0.161 e. The summed E-state index contributed by atoms with van der Waals surface area (Å²) in [5, 5.41) is 9.89. The molecular formula is C17H20O5. The smallest absolute Gasteiger partial charge is 0.161 e. The first-order valence-electron chi connectivity index (χ1n) is 6.86. The summed E-state index contributed by atoms with van der Waals surface area (Å²) >= 11 is 0. The molecule has 1 aliphatic rings. The third kappa shape index (κ3) is 2.60. The van der Waals surface area contributed by atoms with Crippen molar-refractivity contribution in [3.63, 3.8) is 0 Å². The second-order valence-corrected chi connectivity index (χ2v) is 5.08. The van der Waals surface area contributed by atoms with Crippen molar-refractivity contribution in [1.82, 2.24) is 0 Å². The second kappa shape index (κ2) is 6.23. The van der Waals surface area contributed by atoms with Crippen LogP contribution < -0.4 is 9.47 Å². The molecule has 2 rings (SSSR count). The molecule has 5 nitrogen and oxygen atoms in total. The zero-order valence-electron chi connectivity index (χ0n) is 13.1. The predicted octanol–water partition coefficient (Wildman–Crippen LogP) is 2.76. The summed E-state index contributed by atoms with van der Waals surface area (Å²) in [5.74, 6) is 0.565. The number of hydrogen-bond acceptors (Lipinski definition) is 5. The summed E-state index contributed by atoms with van der Waals surface area (Å²) < 4.78 is 16.2. The fourth-order valence-electron chi connectivity index (χ4n) is 2.78. The van der Waals surface area contributed by atoms with E-state index in [1.807, 2.05) is 0 Å². The highest BCUT2D eigenvalue weighted by molar-refractivity contribution is 5.83. The molecule has 22 heavy (non-hydrogen) atoms. The molecule has 0 heterocycles. The Morgan fingerprint density at radius 2 is 1.86 bits per heavy atom. The average molecular weight is 304 g/mol. The van der Waals surface area contributed by atoms with E-state index in [0.717, 1.165) is 0 Å². The van der Waals surface area contributed by atoms with Gasteiger partial charge in [0.05, 0.1) is 20.1 Å². The van der Waals surface area contributed by atoms with Crippen LogP contribution in [0.25, 0.3) is 0 Å². The molecule has 2 unspecified atom stereocenters. The monoisotopic (exact) mass is 304 g/mol. The summed E-state index contributed by atoms with van der Waals surface area (Å²) in [6, 6.07) is 5.29. The second-order valence-electron chi connectivity index (χ2n) is 5.08. The lowest BCUT2D eigenvalue weighted by atomic mass is 9.76. The van der Waals surface area contributed by atoms with E-state index >= 15 is 0 Å². The number of aliphatic hydroxyl groups excluding tert-OH is 1. The van der Waals surface area contributed by atoms with Crippen molar-refractivity contribution in [3.8, 4) is 11.5 Å². The first-order valence-corrected chi connectivity index (χ1v) is 6.86. The number of carbonyl (C=O) groups excluding carboxylic acids is 1. The largest absolute Gasteiger partial charge is 0.508 e. The number of aliphatic hydroxyl groups is 1. The molecule has 0 aliphatic heterocycles. The van der Waals surface area contributed by atoms with Crippen LogP contribution in [0.4, 0.5) is 0 Å². The van der Waals surface area contributed by atoms with Gasteiger partial charge in [-0.15, -0.1) is 0 Å². The lowest BCUT2D eigenvalue weighted by Crippen LogP contribution is -2.40. The molecule has 118 valence electrons. The quantitative estimate of drug-likeness (QED) is 0.906. The van der Waals surface area contributed by atoms with Gasteiger partial charge in [-0.25, -0.2) is 0 Å². The average Bonchev–Trinajstić information content (AvgIpc) is 2.53. The minimum Gasteiger partial charge on any atom is -0.508 e. The van der Waals surface area contributed by atoms with Gasteiger partial charge in [0.25, 0.3) is 0 Å². The number of carbonyl (C=O) groups is 1. The standard InChI is InChI=1S/C17H20O5/c1-11(18)14-7-6-13(19)10-17(14,22-4)12-5-8-15(20-2)16(9-12)21-3/h5-10,14,19H,1-4H3. The van der Waals surface area contributed by atoms with Crippen molar-refractivity contribution >= 4 is 5.78 Å². The van der Waals surface area contributed by atoms with E-state index in [4.69, 9.17) is 14.2 Å². The van der Waals surface area contributed by atoms with Crippen molar-refractivity contribution < 1.29 is 24.1 Å². The highest BCUT2D eigenvalue weighted by Gasteiger charge is 2.43. The zero-order valence-corrected chi connectivity index (χ0v) is 13.1. The van der Waals surface area contributed by atoms with Crippen LogP contribution in [0.15, 0.2) is 42.2 Å². The Bertz CT molecular complexity index is 632. The fraction of sp³-hybridized carbons (Fsp3) is 0.353. The lowest BCUT2D eigenvalue weighted by molar-refractivity contribution is -0.127. The van der Waals surface area contributed by atoms with Crippen molar-refractivity contribution in [2.45, 2.75) is 12.5 Å². The van der Waals surface area contributed by atoms with Crippen LogP contribution >= 0.6 is 0 Å². The van der Waals surface area contributed by atoms with Gasteiger partial charge in [-0.3, -0.25) is 4.79 Å². The first-order chi connectivity index (χ1) is 10.5. The van der Waals surface area contributed by atoms with Crippen LogP contribution in [0, 0.1) is 5.92 Å². The highest BCUT2D eigenvalue weighted by Crippen LogP contribution is 2.42. The molecule has 0 bridgehead atoms. The Balaban J connectivity index is 2.62. The van der Waals surface area contributed by atoms with E-state index in [-0.39, 0.29) is 11.5 Å². The molecule has 1 aliphatic carbocycles. The molecule has 0 fully saturated rings. The predicted molar refractivity (Wildman–Crippen MR) is 82.3 cm³/mol. The van der Waals surface area contributed by atoms with E-state index in [0.29, 0.717) is 17.1 Å². The van der Waals surface area contributed by atoms with Crippen molar-refractivity contribution in [2.75, 3.05) is 21.3 Å². The number of methoxy groups -OCH3 is 3. The molecule has 0 aromatic heterocycles. The van der Waals surface area contributed by atoms with Gasteiger partial charge in [-0.05, 0) is 36.8 Å². The number of allylic oxidation sites excluding steroid dienone is 1. The van der Waals surface area contributed by atoms with Crippen molar-refractivity contribution in [3.05, 3.63) is 47.7 Å². The fourth-order valence-corrected chi connectivity index (χ4v) is 2.78. The molecule has 0 radical (unpaired) electrons. The molecule has 1 aromatic carbocycles. The van der Waals surface area contributed by atoms with Crippen LogP contribution in [0.5, 0.6) is 11.5 Å². The van der Waals surface area contributed by atoms with Crippen LogP contribution in [-0.4, -0.2) is 32.2 Å². The number of ketones is 1. The third-order valence-electron chi connectivity index (χ3n) is 3.89. The highest BCUT2D eigenvalue weighted by atomic mass is 16.5. The Labute approximate surface area is 129 Å². The molecule has 5 heteroatoms. The van der Waals surface area contributed by atoms with Crippen molar-refractivity contribution in [2.24, 2.45) is 5.92 Å². The molecule has 0 saturated heterocycles. The zero-order chi connectivity index (χ0) is 16.3. The van der Waals surface area contributed by atoms with Crippen LogP contribution in [0.2, 0.25) is 0 Å². The van der Waals surface area contributed by atoms with Gasteiger partial charge in [0.1, 0.15) is 17.1 Å². The maximum atomic E-state index is 12.0. The van der Waals surface area contributed by atoms with Gasteiger partial charge >= 0.3 is 0 Å². The van der Waals surface area contributed by atoms with Gasteiger partial charge < -0.3 is 19.3 Å². The normalized spacial score (nSPS) is 23.8. The van der Waals surface area contributed by atoms with Crippen LogP contribution in [0.1, 0.15) is 12.5 Å². The van der Waals surface area contributed by atoms with E-state index < -0.39 is 11.5 Å². The minimum absolute atomic E-state index is 0.0501. The number of hydrogen-bond donors (Lipinski definition) is 1. The van der Waals surface area contributed by atoms with E-state index in [9.17, 15) is 9.90 Å². The molecule has 1 N–H and O–H groups in total. The number of rotatable bonds is 5. The first kappa shape index (κ1) is 16.1. The maximum absolute atomic E-state index is 12.0. The SMILES string of the molecule is COc1ccc(C2(OC)C=C(O)C=CC2C(C)=O)cc1OC. The Kier molecular flexibility index (Phi) is 4.56. The van der Waals surface area contributed by atoms with Crippen molar-refractivity contribution in [1.29, 1.82) is 0 Å². The topological polar surface area (TPSA) is 65.0 Å². The van der Waals surface area contributed by atoms with E-state index in [1.165, 1.54) is 27.2 Å². The summed E-state index contributed by atoms with van der Waals surface area (Å²) in [4.78, 5) is 12.0. The number of Topliss-reactive ketones (excluding diaryl/α,β-unsaturated/α-hetero) is 1. The molecule has 1 aromatic rings. The minimum atomic E-state index is -1.08. The molecule has 0 spiro atoms. The van der Waals surface area contributed by atoms with Crippen LogP contribution in [0.3, 0.4) is 0 Å². The van der Waals surface area contributed by atoms with Gasteiger partial charge in [-0.2, -0.15) is 0 Å². The summed E-state index contributed by atoms with van der Waals surface area (Å²) in [5.41, 5.74) is -0.381. The third-order valence-corrected chi connectivity index (χ3v) is 3.89. The van der Waals surface area contributed by atoms with Gasteiger partial charge in [0.2, 0.25) is 0 Å². The molecule has 2 atom stereocenters.